The third-order valence-electron chi connectivity index (χ3n) is 2.14. The average molecular weight is 196 g/mol. The van der Waals surface area contributed by atoms with E-state index in [1.807, 2.05) is 0 Å². The molecule has 14 heavy (non-hydrogen) atoms. The summed E-state index contributed by atoms with van der Waals surface area (Å²) in [6.07, 6.45) is 2.99. The van der Waals surface area contributed by atoms with Gasteiger partial charge in [-0.2, -0.15) is 10.5 Å². The zero-order valence-corrected chi connectivity index (χ0v) is 7.73. The number of carbonyl (C=O) groups is 1. The SMILES string of the molecule is N#CC1(C#N)CCCCC1.O=C(O)O. The molecule has 0 unspecified atom stereocenters. The molecule has 1 fully saturated rings. The Hall–Kier alpha value is -1.75. The topological polar surface area (TPSA) is 105 Å². The van der Waals surface area contributed by atoms with Crippen LogP contribution in [0.5, 0.6) is 0 Å². The van der Waals surface area contributed by atoms with Crippen molar-refractivity contribution < 1.29 is 15.0 Å². The minimum atomic E-state index is -1.83. The first-order chi connectivity index (χ1) is 6.56. The van der Waals surface area contributed by atoms with Gasteiger partial charge in [-0.1, -0.05) is 19.3 Å². The van der Waals surface area contributed by atoms with E-state index in [1.54, 1.807) is 0 Å². The molecule has 2 N–H and O–H groups in total. The van der Waals surface area contributed by atoms with Gasteiger partial charge >= 0.3 is 6.16 Å². The van der Waals surface area contributed by atoms with Crippen LogP contribution in [0.3, 0.4) is 0 Å². The van der Waals surface area contributed by atoms with E-state index in [1.165, 1.54) is 6.42 Å². The Balaban J connectivity index is 0.000000364. The first kappa shape index (κ1) is 12.2. The smallest absolute Gasteiger partial charge is 0.450 e. The second kappa shape index (κ2) is 5.82. The number of nitrogens with zero attached hydrogens (tertiary/aromatic N) is 2. The quantitative estimate of drug-likeness (QED) is 0.617. The van der Waals surface area contributed by atoms with E-state index < -0.39 is 11.6 Å². The van der Waals surface area contributed by atoms with Gasteiger partial charge in [-0.25, -0.2) is 4.79 Å². The van der Waals surface area contributed by atoms with Crippen LogP contribution in [-0.2, 0) is 0 Å². The van der Waals surface area contributed by atoms with Crippen LogP contribution < -0.4 is 0 Å². The maximum Gasteiger partial charge on any atom is 0.503 e. The lowest BCUT2D eigenvalue weighted by Gasteiger charge is -2.22. The zero-order valence-electron chi connectivity index (χ0n) is 7.73. The fraction of sp³-hybridized carbons (Fsp3) is 0.667. The molecule has 1 rings (SSSR count). The van der Waals surface area contributed by atoms with Crippen molar-refractivity contribution in [3.05, 3.63) is 0 Å². The largest absolute Gasteiger partial charge is 0.503 e. The third kappa shape index (κ3) is 4.32. The normalized spacial score (nSPS) is 17.9. The summed E-state index contributed by atoms with van der Waals surface area (Å²) in [7, 11) is 0. The van der Waals surface area contributed by atoms with Gasteiger partial charge in [-0.15, -0.1) is 0 Å². The van der Waals surface area contributed by atoms with Crippen LogP contribution in [-0.4, -0.2) is 16.4 Å². The summed E-state index contributed by atoms with van der Waals surface area (Å²) in [6.45, 7) is 0. The lowest BCUT2D eigenvalue weighted by atomic mass is 9.77. The summed E-state index contributed by atoms with van der Waals surface area (Å²) in [5.74, 6) is 0. The molecule has 0 aromatic heterocycles. The molecule has 0 radical (unpaired) electrons. The molecule has 0 spiro atoms. The molecule has 0 saturated heterocycles. The van der Waals surface area contributed by atoms with Crippen LogP contribution in [0, 0.1) is 28.1 Å². The Morgan fingerprint density at radius 2 is 1.43 bits per heavy atom. The van der Waals surface area contributed by atoms with Gasteiger partial charge < -0.3 is 10.2 Å². The van der Waals surface area contributed by atoms with E-state index in [4.69, 9.17) is 25.5 Å². The van der Waals surface area contributed by atoms with Gasteiger partial charge in [0.25, 0.3) is 0 Å². The summed E-state index contributed by atoms with van der Waals surface area (Å²) in [5.41, 5.74) is -0.627. The first-order valence-corrected chi connectivity index (χ1v) is 4.31. The van der Waals surface area contributed by atoms with E-state index >= 15 is 0 Å². The lowest BCUT2D eigenvalue weighted by molar-refractivity contribution is 0.137. The summed E-state index contributed by atoms with van der Waals surface area (Å²) in [4.78, 5) is 8.56. The van der Waals surface area contributed by atoms with Crippen molar-refractivity contribution in [1.82, 2.24) is 0 Å². The Morgan fingerprint density at radius 3 is 1.64 bits per heavy atom. The number of hydrogen-bond donors (Lipinski definition) is 2. The van der Waals surface area contributed by atoms with Crippen molar-refractivity contribution in [3.63, 3.8) is 0 Å². The highest BCUT2D eigenvalue weighted by molar-refractivity contribution is 5.53. The van der Waals surface area contributed by atoms with Gasteiger partial charge in [0.2, 0.25) is 0 Å². The number of hydrogen-bond acceptors (Lipinski definition) is 3. The molecular weight excluding hydrogens is 184 g/mol. The van der Waals surface area contributed by atoms with Crippen LogP contribution in [0.2, 0.25) is 0 Å². The van der Waals surface area contributed by atoms with Crippen LogP contribution in [0.4, 0.5) is 4.79 Å². The van der Waals surface area contributed by atoms with Gasteiger partial charge in [0.15, 0.2) is 0 Å². The fourth-order valence-electron chi connectivity index (χ4n) is 1.40. The van der Waals surface area contributed by atoms with E-state index in [-0.39, 0.29) is 0 Å². The number of nitriles is 2. The van der Waals surface area contributed by atoms with Crippen molar-refractivity contribution in [3.8, 4) is 12.1 Å². The number of rotatable bonds is 0. The van der Waals surface area contributed by atoms with Crippen LogP contribution in [0.1, 0.15) is 32.1 Å². The van der Waals surface area contributed by atoms with Gasteiger partial charge in [0, 0.05) is 0 Å². The molecule has 0 aromatic carbocycles. The van der Waals surface area contributed by atoms with E-state index in [0.717, 1.165) is 25.7 Å². The second-order valence-electron chi connectivity index (χ2n) is 3.15. The maximum atomic E-state index is 8.67. The molecular formula is C9H12N2O3. The summed E-state index contributed by atoms with van der Waals surface area (Å²) < 4.78 is 0. The van der Waals surface area contributed by atoms with Gasteiger partial charge in [-0.05, 0) is 12.8 Å². The van der Waals surface area contributed by atoms with Gasteiger partial charge in [-0.3, -0.25) is 0 Å². The molecule has 76 valence electrons. The van der Waals surface area contributed by atoms with Crippen molar-refractivity contribution in [2.45, 2.75) is 32.1 Å². The van der Waals surface area contributed by atoms with Gasteiger partial charge in [0.1, 0.15) is 5.41 Å². The minimum absolute atomic E-state index is 0.627. The highest BCUT2D eigenvalue weighted by Gasteiger charge is 2.31. The average Bonchev–Trinajstić information content (AvgIpc) is 2.18. The van der Waals surface area contributed by atoms with Gasteiger partial charge in [0.05, 0.1) is 12.1 Å². The molecule has 0 amide bonds. The van der Waals surface area contributed by atoms with Crippen molar-refractivity contribution in [2.24, 2.45) is 5.41 Å². The highest BCUT2D eigenvalue weighted by Crippen LogP contribution is 2.34. The standard InChI is InChI=1S/C8H10N2.CH2O3/c9-6-8(7-10)4-2-1-3-5-8;2-1(3)4/h1-5H2;(H2,2,3,4). The Bertz CT molecular complexity index is 249. The molecule has 1 aliphatic rings. The van der Waals surface area contributed by atoms with Crippen LogP contribution in [0.25, 0.3) is 0 Å². The number of carboxylic acid groups (broad SMARTS) is 2. The molecule has 5 nitrogen and oxygen atoms in total. The maximum absolute atomic E-state index is 8.67. The predicted octanol–water partition coefficient (Wildman–Crippen LogP) is 2.21. The summed E-state index contributed by atoms with van der Waals surface area (Å²) in [5, 5.41) is 31.3. The Morgan fingerprint density at radius 1 is 1.07 bits per heavy atom. The predicted molar refractivity (Wildman–Crippen MR) is 47.4 cm³/mol. The Labute approximate surface area is 82.2 Å². The van der Waals surface area contributed by atoms with Crippen molar-refractivity contribution in [1.29, 1.82) is 10.5 Å². The molecule has 1 aliphatic carbocycles. The Kier molecular flexibility index (Phi) is 5.09. The monoisotopic (exact) mass is 196 g/mol. The molecule has 0 aromatic rings. The lowest BCUT2D eigenvalue weighted by Crippen LogP contribution is -2.19. The van der Waals surface area contributed by atoms with E-state index in [0.29, 0.717) is 0 Å². The molecule has 0 aliphatic heterocycles. The van der Waals surface area contributed by atoms with E-state index in [9.17, 15) is 0 Å². The molecule has 0 atom stereocenters. The fourth-order valence-corrected chi connectivity index (χ4v) is 1.40. The van der Waals surface area contributed by atoms with Crippen LogP contribution in [0.15, 0.2) is 0 Å². The zero-order chi connectivity index (χ0) is 11.0. The molecule has 0 heterocycles. The van der Waals surface area contributed by atoms with Crippen molar-refractivity contribution in [2.75, 3.05) is 0 Å². The molecule has 1 saturated carbocycles. The molecule has 5 heteroatoms. The van der Waals surface area contributed by atoms with E-state index in [2.05, 4.69) is 12.1 Å². The first-order valence-electron chi connectivity index (χ1n) is 4.31. The summed E-state index contributed by atoms with van der Waals surface area (Å²) >= 11 is 0. The molecule has 0 bridgehead atoms. The minimum Gasteiger partial charge on any atom is -0.450 e. The third-order valence-corrected chi connectivity index (χ3v) is 2.14. The highest BCUT2D eigenvalue weighted by atomic mass is 16.6. The van der Waals surface area contributed by atoms with Crippen molar-refractivity contribution >= 4 is 6.16 Å². The summed E-state index contributed by atoms with van der Waals surface area (Å²) in [6, 6.07) is 4.21. The second-order valence-corrected chi connectivity index (χ2v) is 3.15. The van der Waals surface area contributed by atoms with Crippen LogP contribution >= 0.6 is 0 Å².